The molecule has 0 N–H and O–H groups in total. The van der Waals surface area contributed by atoms with Gasteiger partial charge in [-0.25, -0.2) is 13.4 Å². The summed E-state index contributed by atoms with van der Waals surface area (Å²) in [7, 11) is -7.49. The van der Waals surface area contributed by atoms with Gasteiger partial charge in [-0.15, -0.1) is 10.2 Å². The van der Waals surface area contributed by atoms with Crippen molar-refractivity contribution in [1.82, 2.24) is 29.3 Å². The number of ether oxygens (including phenoxy) is 1. The van der Waals surface area contributed by atoms with Crippen LogP contribution < -0.4 is 0 Å². The highest BCUT2D eigenvalue weighted by Crippen LogP contribution is 2.36. The summed E-state index contributed by atoms with van der Waals surface area (Å²) in [6.07, 6.45) is 4.05. The number of pyridine rings is 1. The monoisotopic (exact) mass is 642 g/mol. The Morgan fingerprint density at radius 3 is 2.42 bits per heavy atom. The molecule has 0 bridgehead atoms. The molecular weight excluding hydrogens is 616 g/mol. The second-order valence-electron chi connectivity index (χ2n) is 10.4. The largest absolute Gasteiger partial charge is 0.419 e. The fourth-order valence-corrected chi connectivity index (χ4v) is 7.16. The third-order valence-electron chi connectivity index (χ3n) is 7.03. The van der Waals surface area contributed by atoms with Crippen molar-refractivity contribution in [2.45, 2.75) is 24.1 Å². The summed E-state index contributed by atoms with van der Waals surface area (Å²) in [5, 5.41) is 13.3. The number of hydrogen-bond donors (Lipinski definition) is 0. The molecule has 0 radical (unpaired) electrons. The smallest absolute Gasteiger partial charge is 0.283 e. The molecule has 3 aromatic heterocycles. The third-order valence-corrected chi connectivity index (χ3v) is 9.81. The van der Waals surface area contributed by atoms with Crippen molar-refractivity contribution in [3.63, 3.8) is 0 Å². The van der Waals surface area contributed by atoms with Crippen LogP contribution in [0.2, 0.25) is 5.15 Å². The van der Waals surface area contributed by atoms with Crippen LogP contribution in [-0.4, -0.2) is 78.7 Å². The molecule has 0 atom stereocenters. The molecule has 15 heteroatoms. The molecular formula is C28H27ClN6O6S2. The van der Waals surface area contributed by atoms with E-state index in [0.29, 0.717) is 53.3 Å². The van der Waals surface area contributed by atoms with E-state index in [9.17, 15) is 16.8 Å². The molecule has 0 spiro atoms. The molecule has 5 aromatic rings. The van der Waals surface area contributed by atoms with Gasteiger partial charge in [-0.2, -0.15) is 17.6 Å². The molecule has 4 heterocycles. The summed E-state index contributed by atoms with van der Waals surface area (Å²) in [6, 6.07) is 11.5. The van der Waals surface area contributed by atoms with Crippen LogP contribution in [0.4, 0.5) is 0 Å². The molecule has 0 saturated carbocycles. The Kier molecular flexibility index (Phi) is 7.81. The Morgan fingerprint density at radius 2 is 1.70 bits per heavy atom. The van der Waals surface area contributed by atoms with Crippen LogP contribution in [-0.2, 0) is 36.9 Å². The lowest BCUT2D eigenvalue weighted by Gasteiger charge is -2.24. The minimum absolute atomic E-state index is 0.0622. The number of rotatable bonds is 8. The van der Waals surface area contributed by atoms with Crippen molar-refractivity contribution in [1.29, 1.82) is 0 Å². The molecule has 0 amide bonds. The minimum Gasteiger partial charge on any atom is -0.419 e. The van der Waals surface area contributed by atoms with Gasteiger partial charge in [0.1, 0.15) is 5.15 Å². The van der Waals surface area contributed by atoms with Crippen molar-refractivity contribution in [3.8, 4) is 22.6 Å². The number of benzene rings is 2. The first-order valence-electron chi connectivity index (χ1n) is 13.3. The van der Waals surface area contributed by atoms with E-state index in [2.05, 4.69) is 25.2 Å². The predicted molar refractivity (Wildman–Crippen MR) is 160 cm³/mol. The highest BCUT2D eigenvalue weighted by atomic mass is 35.5. The molecule has 2 aromatic carbocycles. The van der Waals surface area contributed by atoms with Crippen molar-refractivity contribution < 1.29 is 26.0 Å². The first kappa shape index (κ1) is 29.4. The van der Waals surface area contributed by atoms with Crippen LogP contribution in [0, 0.1) is 6.92 Å². The summed E-state index contributed by atoms with van der Waals surface area (Å²) >= 11 is 6.23. The summed E-state index contributed by atoms with van der Waals surface area (Å²) < 4.78 is 64.0. The van der Waals surface area contributed by atoms with Gasteiger partial charge >= 0.3 is 0 Å². The van der Waals surface area contributed by atoms with Gasteiger partial charge in [0, 0.05) is 42.1 Å². The van der Waals surface area contributed by atoms with Crippen LogP contribution in [0.1, 0.15) is 17.0 Å². The number of halogens is 1. The normalized spacial score (nSPS) is 14.9. The molecule has 1 aliphatic heterocycles. The third kappa shape index (κ3) is 6.19. The van der Waals surface area contributed by atoms with Crippen LogP contribution in [0.15, 0.2) is 64.2 Å². The number of fused-ring (bicyclic) bond motifs is 1. The van der Waals surface area contributed by atoms with Gasteiger partial charge < -0.3 is 9.15 Å². The Bertz CT molecular complexity index is 2040. The summed E-state index contributed by atoms with van der Waals surface area (Å²) in [5.41, 5.74) is 2.99. The lowest BCUT2D eigenvalue weighted by molar-refractivity contribution is 0.0306. The van der Waals surface area contributed by atoms with E-state index in [1.54, 1.807) is 30.3 Å². The number of aryl methyl sites for hydroxylation is 1. The Labute approximate surface area is 253 Å². The maximum atomic E-state index is 13.7. The maximum absolute atomic E-state index is 13.7. The van der Waals surface area contributed by atoms with Crippen molar-refractivity contribution >= 4 is 42.4 Å². The maximum Gasteiger partial charge on any atom is 0.283 e. The van der Waals surface area contributed by atoms with Gasteiger partial charge in [0.05, 0.1) is 47.7 Å². The topological polar surface area (TPSA) is 150 Å². The van der Waals surface area contributed by atoms with E-state index < -0.39 is 19.9 Å². The lowest BCUT2D eigenvalue weighted by Crippen LogP contribution is -2.35. The summed E-state index contributed by atoms with van der Waals surface area (Å²) in [6.45, 7) is 5.02. The van der Waals surface area contributed by atoms with Crippen LogP contribution in [0.3, 0.4) is 0 Å². The van der Waals surface area contributed by atoms with Crippen LogP contribution >= 0.6 is 11.6 Å². The molecule has 1 fully saturated rings. The highest BCUT2D eigenvalue weighted by molar-refractivity contribution is 7.90. The highest BCUT2D eigenvalue weighted by Gasteiger charge is 2.25. The number of nitrogens with zero attached hydrogens (tertiary/aromatic N) is 6. The van der Waals surface area contributed by atoms with Crippen molar-refractivity contribution in [2.24, 2.45) is 0 Å². The standard InChI is InChI=1S/C28H27ClN6O6S2/c1-18-3-5-22(6-4-18)43(38,39)35-25-13-19(20-11-21(17-42(2,36)37)27(29)30-14-20)12-23(24(25)15-31-35)28-33-32-26(41-28)16-34-7-9-40-10-8-34/h3-6,11-15H,7-10,16-17H2,1-2H3. The summed E-state index contributed by atoms with van der Waals surface area (Å²) in [4.78, 5) is 6.41. The molecule has 6 rings (SSSR count). The fraction of sp³-hybridized carbons (Fsp3) is 0.286. The molecule has 1 aliphatic rings. The van der Waals surface area contributed by atoms with Crippen molar-refractivity contribution in [2.75, 3.05) is 32.6 Å². The van der Waals surface area contributed by atoms with E-state index in [1.807, 2.05) is 6.92 Å². The van der Waals surface area contributed by atoms with Gasteiger partial charge in [0.25, 0.3) is 10.0 Å². The molecule has 224 valence electrons. The van der Waals surface area contributed by atoms with Gasteiger partial charge in [-0.1, -0.05) is 29.3 Å². The van der Waals surface area contributed by atoms with E-state index in [1.165, 1.54) is 24.5 Å². The van der Waals surface area contributed by atoms with Gasteiger partial charge in [-0.3, -0.25) is 4.90 Å². The molecule has 1 saturated heterocycles. The average Bonchev–Trinajstić information content (AvgIpc) is 3.61. The summed E-state index contributed by atoms with van der Waals surface area (Å²) in [5.74, 6) is 0.273. The number of hydrogen-bond acceptors (Lipinski definition) is 11. The fourth-order valence-electron chi connectivity index (χ4n) is 4.86. The van der Waals surface area contributed by atoms with Gasteiger partial charge in [0.2, 0.25) is 11.8 Å². The van der Waals surface area contributed by atoms with Crippen LogP contribution in [0.25, 0.3) is 33.5 Å². The lowest BCUT2D eigenvalue weighted by atomic mass is 10.0. The first-order valence-corrected chi connectivity index (χ1v) is 17.2. The molecule has 0 aliphatic carbocycles. The van der Waals surface area contributed by atoms with E-state index in [-0.39, 0.29) is 27.2 Å². The molecule has 12 nitrogen and oxygen atoms in total. The number of morpholine rings is 1. The zero-order valence-electron chi connectivity index (χ0n) is 23.3. The number of aromatic nitrogens is 5. The van der Waals surface area contributed by atoms with Gasteiger partial charge in [-0.05, 0) is 42.8 Å². The second-order valence-corrected chi connectivity index (χ2v) is 14.7. The zero-order chi connectivity index (χ0) is 30.4. The van der Waals surface area contributed by atoms with E-state index in [4.69, 9.17) is 20.8 Å². The first-order chi connectivity index (χ1) is 20.5. The quantitative estimate of drug-likeness (QED) is 0.228. The second kappa shape index (κ2) is 11.4. The average molecular weight is 643 g/mol. The van der Waals surface area contributed by atoms with E-state index >= 15 is 0 Å². The minimum atomic E-state index is -4.09. The van der Waals surface area contributed by atoms with E-state index in [0.717, 1.165) is 29.0 Å². The Hall–Kier alpha value is -3.69. The van der Waals surface area contributed by atoms with Crippen LogP contribution in [0.5, 0.6) is 0 Å². The Balaban J connectivity index is 1.51. The number of sulfone groups is 1. The predicted octanol–water partition coefficient (Wildman–Crippen LogP) is 3.72. The SMILES string of the molecule is Cc1ccc(S(=O)(=O)n2ncc3c(-c4nnc(CN5CCOCC5)o4)cc(-c4cnc(Cl)c(CS(C)(=O)=O)c4)cc32)cc1. The van der Waals surface area contributed by atoms with Gasteiger partial charge in [0.15, 0.2) is 9.84 Å². The molecule has 0 unspecified atom stereocenters. The zero-order valence-corrected chi connectivity index (χ0v) is 25.7. The Morgan fingerprint density at radius 1 is 0.953 bits per heavy atom. The molecule has 43 heavy (non-hydrogen) atoms. The van der Waals surface area contributed by atoms with Crippen molar-refractivity contribution in [3.05, 3.63) is 77.0 Å².